The van der Waals surface area contributed by atoms with Crippen molar-refractivity contribution in [2.24, 2.45) is 18.9 Å². The first-order valence-electron chi connectivity index (χ1n) is 14.6. The monoisotopic (exact) mass is 582 g/mol. The van der Waals surface area contributed by atoms with Gasteiger partial charge < -0.3 is 14.8 Å². The molecule has 2 aromatic rings. The van der Waals surface area contributed by atoms with Gasteiger partial charge in [0.1, 0.15) is 4.32 Å². The molecule has 3 unspecified atom stereocenters. The molecular weight excluding hydrogens is 544 g/mol. The largest absolute Gasteiger partial charge is 0.344 e. The molecule has 39 heavy (non-hydrogen) atoms. The van der Waals surface area contributed by atoms with Crippen LogP contribution in [0.15, 0.2) is 35.2 Å². The van der Waals surface area contributed by atoms with Gasteiger partial charge in [-0.15, -0.1) is 0 Å². The molecular formula is C31H39ClN4OS2. The zero-order chi connectivity index (χ0) is 26.9. The summed E-state index contributed by atoms with van der Waals surface area (Å²) in [5, 5.41) is 4.17. The van der Waals surface area contributed by atoms with Gasteiger partial charge in [-0.3, -0.25) is 9.69 Å². The number of carbonyl (C=O) groups is 1. The second-order valence-electron chi connectivity index (χ2n) is 11.7. The molecule has 0 radical (unpaired) electrons. The molecule has 4 fully saturated rings. The molecule has 5 nitrogen and oxygen atoms in total. The first-order valence-corrected chi connectivity index (χ1v) is 16.2. The van der Waals surface area contributed by atoms with Crippen molar-refractivity contribution in [2.75, 3.05) is 32.7 Å². The third-order valence-corrected chi connectivity index (χ3v) is 10.8. The van der Waals surface area contributed by atoms with E-state index in [4.69, 9.17) is 23.8 Å². The number of unbranched alkanes of at least 4 members (excludes halogenated alkanes) is 2. The molecule has 1 aromatic heterocycles. The average molecular weight is 583 g/mol. The van der Waals surface area contributed by atoms with Crippen LogP contribution in [-0.4, -0.2) is 63.4 Å². The van der Waals surface area contributed by atoms with E-state index in [2.05, 4.69) is 46.1 Å². The average Bonchev–Trinajstić information content (AvgIpc) is 3.70. The van der Waals surface area contributed by atoms with E-state index >= 15 is 0 Å². The van der Waals surface area contributed by atoms with E-state index in [1.807, 2.05) is 17.0 Å². The summed E-state index contributed by atoms with van der Waals surface area (Å²) < 4.78 is 2.98. The van der Waals surface area contributed by atoms with E-state index in [0.717, 1.165) is 82.6 Å². The van der Waals surface area contributed by atoms with Crippen LogP contribution in [0.25, 0.3) is 17.3 Å². The van der Waals surface area contributed by atoms with Crippen LogP contribution in [0.1, 0.15) is 56.2 Å². The molecule has 1 amide bonds. The van der Waals surface area contributed by atoms with Crippen molar-refractivity contribution in [1.82, 2.24) is 19.7 Å². The van der Waals surface area contributed by atoms with Crippen molar-refractivity contribution in [3.63, 3.8) is 0 Å². The van der Waals surface area contributed by atoms with Gasteiger partial charge in [-0.1, -0.05) is 60.6 Å². The van der Waals surface area contributed by atoms with Crippen LogP contribution in [0.3, 0.4) is 0 Å². The van der Waals surface area contributed by atoms with Gasteiger partial charge in [0.2, 0.25) is 0 Å². The SMILES string of the molecule is Cn1c(-c2ccc(Cl)cc2)cc(CCCCCN2CCNCC2)c1C=C1SC(=S)N(C2CC3CCC2C3)C1=O. The molecule has 2 aliphatic carbocycles. The number of nitrogens with one attached hydrogen (secondary N) is 1. The molecule has 2 saturated heterocycles. The standard InChI is InChI=1S/C31H39ClN4OS2/c1-34-26(22-8-10-25(32)11-9-22)19-23(5-3-2-4-14-35-15-12-33-13-16-35)27(34)20-29-30(37)36(31(38)39-29)28-18-21-6-7-24(28)17-21/h8-11,19-21,24,28,33H,2-7,12-18H2,1H3. The second kappa shape index (κ2) is 12.1. The Morgan fingerprint density at radius 3 is 2.62 bits per heavy atom. The number of hydrogen-bond donors (Lipinski definition) is 1. The second-order valence-corrected chi connectivity index (χ2v) is 13.8. The van der Waals surface area contributed by atoms with Crippen molar-refractivity contribution >= 4 is 51.9 Å². The summed E-state index contributed by atoms with van der Waals surface area (Å²) in [5.41, 5.74) is 4.71. The van der Waals surface area contributed by atoms with Crippen LogP contribution >= 0.6 is 35.6 Å². The van der Waals surface area contributed by atoms with E-state index in [9.17, 15) is 4.79 Å². The Kier molecular flexibility index (Phi) is 8.52. The summed E-state index contributed by atoms with van der Waals surface area (Å²) in [5.74, 6) is 1.51. The summed E-state index contributed by atoms with van der Waals surface area (Å²) in [6.07, 6.45) is 11.6. The number of thioether (sulfide) groups is 1. The van der Waals surface area contributed by atoms with Gasteiger partial charge in [-0.05, 0) is 92.3 Å². The Hall–Kier alpha value is -1.64. The van der Waals surface area contributed by atoms with E-state index in [1.165, 1.54) is 56.0 Å². The minimum Gasteiger partial charge on any atom is -0.344 e. The van der Waals surface area contributed by atoms with Crippen molar-refractivity contribution in [2.45, 2.75) is 57.4 Å². The van der Waals surface area contributed by atoms with Gasteiger partial charge in [0.15, 0.2) is 0 Å². The predicted octanol–water partition coefficient (Wildman–Crippen LogP) is 6.35. The first kappa shape index (κ1) is 27.5. The molecule has 6 rings (SSSR count). The van der Waals surface area contributed by atoms with Crippen molar-refractivity contribution in [3.8, 4) is 11.3 Å². The Morgan fingerprint density at radius 2 is 1.90 bits per heavy atom. The molecule has 0 spiro atoms. The fourth-order valence-corrected chi connectivity index (χ4v) is 8.62. The maximum atomic E-state index is 13.7. The lowest BCUT2D eigenvalue weighted by molar-refractivity contribution is -0.124. The van der Waals surface area contributed by atoms with E-state index in [0.29, 0.717) is 12.0 Å². The molecule has 4 aliphatic rings. The number of benzene rings is 1. The van der Waals surface area contributed by atoms with E-state index < -0.39 is 0 Å². The normalized spacial score (nSPS) is 26.5. The first-order chi connectivity index (χ1) is 19.0. The summed E-state index contributed by atoms with van der Waals surface area (Å²) in [4.78, 5) is 19.0. The van der Waals surface area contributed by atoms with Crippen LogP contribution in [0, 0.1) is 11.8 Å². The molecule has 2 bridgehead atoms. The number of amides is 1. The fraction of sp³-hybridized carbons (Fsp3) is 0.548. The lowest BCUT2D eigenvalue weighted by atomic mass is 9.94. The quantitative estimate of drug-likeness (QED) is 0.212. The molecule has 208 valence electrons. The van der Waals surface area contributed by atoms with Crippen LogP contribution < -0.4 is 5.32 Å². The van der Waals surface area contributed by atoms with Crippen LogP contribution in [-0.2, 0) is 18.3 Å². The number of thiocarbonyl (C=S) groups is 1. The van der Waals surface area contributed by atoms with E-state index in [-0.39, 0.29) is 5.91 Å². The highest BCUT2D eigenvalue weighted by molar-refractivity contribution is 8.26. The maximum absolute atomic E-state index is 13.7. The number of nitrogens with zero attached hydrogens (tertiary/aromatic N) is 3. The molecule has 8 heteroatoms. The topological polar surface area (TPSA) is 40.5 Å². The molecule has 1 aromatic carbocycles. The summed E-state index contributed by atoms with van der Waals surface area (Å²) >= 11 is 13.4. The number of rotatable bonds is 9. The number of aryl methyl sites for hydroxylation is 1. The minimum atomic E-state index is 0.110. The van der Waals surface area contributed by atoms with Gasteiger partial charge in [0.05, 0.1) is 4.91 Å². The van der Waals surface area contributed by atoms with Crippen LogP contribution in [0.5, 0.6) is 0 Å². The van der Waals surface area contributed by atoms with Gasteiger partial charge in [0.25, 0.3) is 5.91 Å². The summed E-state index contributed by atoms with van der Waals surface area (Å²) in [6.45, 7) is 5.72. The highest BCUT2D eigenvalue weighted by Crippen LogP contribution is 2.49. The Labute approximate surface area is 247 Å². The lowest BCUT2D eigenvalue weighted by Gasteiger charge is -2.30. The summed E-state index contributed by atoms with van der Waals surface area (Å²) in [7, 11) is 2.11. The molecule has 2 saturated carbocycles. The van der Waals surface area contributed by atoms with Crippen molar-refractivity contribution in [1.29, 1.82) is 0 Å². The third kappa shape index (κ3) is 5.89. The number of aromatic nitrogens is 1. The number of halogens is 1. The zero-order valence-electron chi connectivity index (χ0n) is 22.8. The van der Waals surface area contributed by atoms with Gasteiger partial charge >= 0.3 is 0 Å². The molecule has 2 aliphatic heterocycles. The smallest absolute Gasteiger partial charge is 0.266 e. The Bertz CT molecular complexity index is 1250. The number of fused-ring (bicyclic) bond motifs is 2. The van der Waals surface area contributed by atoms with Gasteiger partial charge in [0, 0.05) is 55.7 Å². The molecule has 3 atom stereocenters. The van der Waals surface area contributed by atoms with E-state index in [1.54, 1.807) is 0 Å². The van der Waals surface area contributed by atoms with Crippen LogP contribution in [0.4, 0.5) is 0 Å². The third-order valence-electron chi connectivity index (χ3n) is 9.26. The Morgan fingerprint density at radius 1 is 1.10 bits per heavy atom. The zero-order valence-corrected chi connectivity index (χ0v) is 25.2. The highest BCUT2D eigenvalue weighted by Gasteiger charge is 2.48. The minimum absolute atomic E-state index is 0.110. The maximum Gasteiger partial charge on any atom is 0.266 e. The van der Waals surface area contributed by atoms with Crippen LogP contribution in [0.2, 0.25) is 5.02 Å². The summed E-state index contributed by atoms with van der Waals surface area (Å²) in [6, 6.07) is 10.7. The predicted molar refractivity (Wildman–Crippen MR) is 167 cm³/mol. The van der Waals surface area contributed by atoms with Gasteiger partial charge in [-0.25, -0.2) is 0 Å². The number of hydrogen-bond acceptors (Lipinski definition) is 5. The number of carbonyl (C=O) groups excluding carboxylic acids is 1. The van der Waals surface area contributed by atoms with Crippen molar-refractivity contribution < 1.29 is 4.79 Å². The molecule has 1 N–H and O–H groups in total. The van der Waals surface area contributed by atoms with Crippen molar-refractivity contribution in [3.05, 3.63) is 51.5 Å². The fourth-order valence-electron chi connectivity index (χ4n) is 7.15. The Balaban J connectivity index is 1.21. The molecule has 3 heterocycles. The van der Waals surface area contributed by atoms with Gasteiger partial charge in [-0.2, -0.15) is 0 Å². The number of piperazine rings is 1. The lowest BCUT2D eigenvalue weighted by Crippen LogP contribution is -2.43. The highest BCUT2D eigenvalue weighted by atomic mass is 35.5.